The summed E-state index contributed by atoms with van der Waals surface area (Å²) < 4.78 is 10.4. The lowest BCUT2D eigenvalue weighted by Gasteiger charge is -2.40. The molecule has 2 rings (SSSR count). The summed E-state index contributed by atoms with van der Waals surface area (Å²) in [5.41, 5.74) is -1.12. The number of likely N-dealkylation sites (N-methyl/N-ethyl adjacent to an activating group) is 1. The van der Waals surface area contributed by atoms with Gasteiger partial charge in [-0.25, -0.2) is 4.79 Å². The minimum atomic E-state index is -1.12. The lowest BCUT2D eigenvalue weighted by Crippen LogP contribution is -2.56. The zero-order valence-corrected chi connectivity index (χ0v) is 12.4. The van der Waals surface area contributed by atoms with Crippen LogP contribution >= 0.6 is 0 Å². The third-order valence-corrected chi connectivity index (χ3v) is 4.18. The molecule has 6 heteroatoms. The number of carboxylic acids is 1. The summed E-state index contributed by atoms with van der Waals surface area (Å²) in [4.78, 5) is 25.5. The zero-order valence-electron chi connectivity index (χ0n) is 12.4. The van der Waals surface area contributed by atoms with Gasteiger partial charge in [0, 0.05) is 14.2 Å². The van der Waals surface area contributed by atoms with E-state index in [9.17, 15) is 14.7 Å². The normalized spacial score (nSPS) is 17.4. The highest BCUT2D eigenvalue weighted by atomic mass is 16.5. The molecule has 1 N–H and O–H groups in total. The van der Waals surface area contributed by atoms with Crippen LogP contribution in [0.15, 0.2) is 16.5 Å². The standard InChI is InChI=1S/C15H21NO5/c1-16(15(14(18)19)8-4-3-5-9-15)13(17)12-7-6-11(21-12)10-20-2/h6-7H,3-5,8-10H2,1-2H3,(H,18,19). The molecule has 1 aromatic rings. The molecule has 0 spiro atoms. The highest BCUT2D eigenvalue weighted by molar-refractivity contribution is 5.95. The SMILES string of the molecule is COCc1ccc(C(=O)N(C)C2(C(=O)O)CCCCC2)o1. The van der Waals surface area contributed by atoms with Crippen molar-refractivity contribution in [1.82, 2.24) is 4.90 Å². The Kier molecular flexibility index (Phi) is 4.67. The van der Waals surface area contributed by atoms with E-state index in [0.717, 1.165) is 19.3 Å². The van der Waals surface area contributed by atoms with Crippen molar-refractivity contribution in [2.75, 3.05) is 14.2 Å². The number of carbonyl (C=O) groups excluding carboxylic acids is 1. The van der Waals surface area contributed by atoms with Crippen molar-refractivity contribution in [3.8, 4) is 0 Å². The molecule has 0 atom stereocenters. The number of ether oxygens (including phenoxy) is 1. The maximum atomic E-state index is 12.5. The summed E-state index contributed by atoms with van der Waals surface area (Å²) in [5, 5.41) is 9.60. The van der Waals surface area contributed by atoms with Crippen molar-refractivity contribution in [3.63, 3.8) is 0 Å². The Morgan fingerprint density at radius 3 is 2.57 bits per heavy atom. The van der Waals surface area contributed by atoms with Gasteiger partial charge in [0.15, 0.2) is 5.76 Å². The van der Waals surface area contributed by atoms with Gasteiger partial charge in [-0.1, -0.05) is 19.3 Å². The number of carbonyl (C=O) groups is 2. The molecule has 1 fully saturated rings. The fraction of sp³-hybridized carbons (Fsp3) is 0.600. The molecule has 0 aliphatic heterocycles. The maximum absolute atomic E-state index is 12.5. The van der Waals surface area contributed by atoms with E-state index in [-0.39, 0.29) is 12.4 Å². The second-order valence-corrected chi connectivity index (χ2v) is 5.46. The van der Waals surface area contributed by atoms with E-state index in [1.165, 1.54) is 12.0 Å². The van der Waals surface area contributed by atoms with E-state index in [1.807, 2.05) is 0 Å². The van der Waals surface area contributed by atoms with Crippen LogP contribution in [-0.2, 0) is 16.1 Å². The fourth-order valence-electron chi connectivity index (χ4n) is 2.90. The van der Waals surface area contributed by atoms with Crippen molar-refractivity contribution in [3.05, 3.63) is 23.7 Å². The molecule has 1 amide bonds. The summed E-state index contributed by atoms with van der Waals surface area (Å²) in [5.74, 6) is -0.651. The van der Waals surface area contributed by atoms with Gasteiger partial charge in [-0.05, 0) is 25.0 Å². The molecule has 1 heterocycles. The summed E-state index contributed by atoms with van der Waals surface area (Å²) in [6.45, 7) is 0.279. The molecule has 0 saturated heterocycles. The smallest absolute Gasteiger partial charge is 0.329 e. The third-order valence-electron chi connectivity index (χ3n) is 4.18. The summed E-state index contributed by atoms with van der Waals surface area (Å²) in [6, 6.07) is 3.23. The minimum absolute atomic E-state index is 0.149. The molecule has 1 saturated carbocycles. The molecule has 0 unspecified atom stereocenters. The zero-order chi connectivity index (χ0) is 15.5. The predicted molar refractivity (Wildman–Crippen MR) is 75.0 cm³/mol. The highest BCUT2D eigenvalue weighted by Gasteiger charge is 2.46. The van der Waals surface area contributed by atoms with Crippen LogP contribution in [0.1, 0.15) is 48.4 Å². The van der Waals surface area contributed by atoms with Gasteiger partial charge in [0.2, 0.25) is 0 Å². The van der Waals surface area contributed by atoms with E-state index >= 15 is 0 Å². The number of hydrogen-bond acceptors (Lipinski definition) is 4. The Balaban J connectivity index is 2.21. The first kappa shape index (κ1) is 15.6. The molecular weight excluding hydrogens is 274 g/mol. The number of furan rings is 1. The summed E-state index contributed by atoms with van der Waals surface area (Å²) >= 11 is 0. The van der Waals surface area contributed by atoms with Crippen LogP contribution in [0.5, 0.6) is 0 Å². The fourth-order valence-corrected chi connectivity index (χ4v) is 2.90. The Hall–Kier alpha value is -1.82. The Morgan fingerprint density at radius 1 is 1.33 bits per heavy atom. The van der Waals surface area contributed by atoms with Crippen LogP contribution in [-0.4, -0.2) is 41.6 Å². The molecule has 1 aliphatic rings. The van der Waals surface area contributed by atoms with Crippen molar-refractivity contribution < 1.29 is 23.8 Å². The van der Waals surface area contributed by atoms with Crippen molar-refractivity contribution >= 4 is 11.9 Å². The van der Waals surface area contributed by atoms with Crippen LogP contribution in [0, 0.1) is 0 Å². The molecule has 6 nitrogen and oxygen atoms in total. The lowest BCUT2D eigenvalue weighted by molar-refractivity contribution is -0.151. The predicted octanol–water partition coefficient (Wildman–Crippen LogP) is 2.29. The number of hydrogen-bond donors (Lipinski definition) is 1. The van der Waals surface area contributed by atoms with Crippen LogP contribution in [0.3, 0.4) is 0 Å². The van der Waals surface area contributed by atoms with Gasteiger partial charge in [0.05, 0.1) is 0 Å². The third kappa shape index (κ3) is 2.95. The lowest BCUT2D eigenvalue weighted by atomic mass is 9.80. The first-order valence-electron chi connectivity index (χ1n) is 7.10. The van der Waals surface area contributed by atoms with Crippen molar-refractivity contribution in [2.45, 2.75) is 44.2 Å². The number of methoxy groups -OCH3 is 1. The van der Waals surface area contributed by atoms with E-state index in [1.54, 1.807) is 19.2 Å². The first-order valence-corrected chi connectivity index (χ1v) is 7.10. The number of nitrogens with zero attached hydrogens (tertiary/aromatic N) is 1. The molecule has 116 valence electrons. The second-order valence-electron chi connectivity index (χ2n) is 5.46. The Morgan fingerprint density at radius 2 is 2.00 bits per heavy atom. The van der Waals surface area contributed by atoms with E-state index < -0.39 is 17.4 Å². The van der Waals surface area contributed by atoms with Crippen LogP contribution in [0.2, 0.25) is 0 Å². The molecule has 1 aliphatic carbocycles. The quantitative estimate of drug-likeness (QED) is 0.901. The molecule has 1 aromatic heterocycles. The summed E-state index contributed by atoms with van der Waals surface area (Å²) in [7, 11) is 3.08. The molecule has 0 aromatic carbocycles. The largest absolute Gasteiger partial charge is 0.479 e. The van der Waals surface area contributed by atoms with Gasteiger partial charge in [-0.3, -0.25) is 4.79 Å². The highest BCUT2D eigenvalue weighted by Crippen LogP contribution is 2.34. The van der Waals surface area contributed by atoms with E-state index in [2.05, 4.69) is 0 Å². The number of aliphatic carboxylic acids is 1. The average Bonchev–Trinajstić information content (AvgIpc) is 2.95. The monoisotopic (exact) mass is 295 g/mol. The van der Waals surface area contributed by atoms with Crippen LogP contribution in [0.25, 0.3) is 0 Å². The van der Waals surface area contributed by atoms with Gasteiger partial charge in [-0.15, -0.1) is 0 Å². The first-order chi connectivity index (χ1) is 10.0. The Bertz CT molecular complexity index is 516. The average molecular weight is 295 g/mol. The number of amides is 1. The van der Waals surface area contributed by atoms with E-state index in [4.69, 9.17) is 9.15 Å². The maximum Gasteiger partial charge on any atom is 0.329 e. The molecule has 0 bridgehead atoms. The van der Waals surface area contributed by atoms with Gasteiger partial charge in [0.1, 0.15) is 17.9 Å². The van der Waals surface area contributed by atoms with Gasteiger partial charge in [0.25, 0.3) is 5.91 Å². The van der Waals surface area contributed by atoms with Gasteiger partial charge in [-0.2, -0.15) is 0 Å². The van der Waals surface area contributed by atoms with Crippen molar-refractivity contribution in [1.29, 1.82) is 0 Å². The van der Waals surface area contributed by atoms with E-state index in [0.29, 0.717) is 18.6 Å². The molecule has 21 heavy (non-hydrogen) atoms. The minimum Gasteiger partial charge on any atom is -0.479 e. The van der Waals surface area contributed by atoms with Gasteiger partial charge >= 0.3 is 5.97 Å². The van der Waals surface area contributed by atoms with Crippen LogP contribution in [0.4, 0.5) is 0 Å². The number of carboxylic acid groups (broad SMARTS) is 1. The topological polar surface area (TPSA) is 80.0 Å². The summed E-state index contributed by atoms with van der Waals surface area (Å²) in [6.07, 6.45) is 3.61. The van der Waals surface area contributed by atoms with Crippen molar-refractivity contribution in [2.24, 2.45) is 0 Å². The molecule has 0 radical (unpaired) electrons. The Labute approximate surface area is 123 Å². The van der Waals surface area contributed by atoms with Crippen LogP contribution < -0.4 is 0 Å². The molecular formula is C15H21NO5. The van der Waals surface area contributed by atoms with Gasteiger partial charge < -0.3 is 19.2 Å². The number of rotatable bonds is 5. The second kappa shape index (κ2) is 6.30.